The second-order valence-electron chi connectivity index (χ2n) is 6.54. The van der Waals surface area contributed by atoms with Crippen LogP contribution in [0, 0.1) is 6.92 Å². The largest absolute Gasteiger partial charge is 0.342 e. The van der Waals surface area contributed by atoms with E-state index in [1.54, 1.807) is 0 Å². The van der Waals surface area contributed by atoms with Crippen molar-refractivity contribution in [2.24, 2.45) is 0 Å². The quantitative estimate of drug-likeness (QED) is 0.312. The van der Waals surface area contributed by atoms with Crippen LogP contribution in [0.1, 0.15) is 16.7 Å². The summed E-state index contributed by atoms with van der Waals surface area (Å²) in [7, 11) is 0. The first-order valence-corrected chi connectivity index (χ1v) is 10.5. The number of nitrogens with zero attached hydrogens (tertiary/aromatic N) is 1. The molecule has 0 bridgehead atoms. The number of para-hydroxylation sites is 1. The highest BCUT2D eigenvalue weighted by molar-refractivity contribution is 9.10. The number of fused-ring (bicyclic) bond motifs is 1. The Morgan fingerprint density at radius 1 is 0.846 bits per heavy atom. The van der Waals surface area contributed by atoms with Crippen LogP contribution in [0.5, 0.6) is 0 Å². The summed E-state index contributed by atoms with van der Waals surface area (Å²) < 4.78 is 3.49. The number of benzene rings is 3. The summed E-state index contributed by atoms with van der Waals surface area (Å²) in [6.07, 6.45) is 2.30. The van der Waals surface area contributed by atoms with Crippen molar-refractivity contribution in [3.63, 3.8) is 0 Å². The fraction of sp³-hybridized carbons (Fsp3) is 0.130. The van der Waals surface area contributed by atoms with Gasteiger partial charge in [0.15, 0.2) is 0 Å². The number of hydrogen-bond donors (Lipinski definition) is 0. The van der Waals surface area contributed by atoms with Gasteiger partial charge in [-0.1, -0.05) is 76.1 Å². The molecule has 0 amide bonds. The molecule has 0 N–H and O–H groups in total. The molecule has 0 aliphatic heterocycles. The Hall–Kier alpha value is -1.97. The molecule has 130 valence electrons. The van der Waals surface area contributed by atoms with Crippen LogP contribution in [0.25, 0.3) is 10.9 Å². The molecule has 0 atom stereocenters. The molecule has 4 aromatic rings. The van der Waals surface area contributed by atoms with E-state index in [1.807, 2.05) is 11.8 Å². The monoisotopic (exact) mass is 421 g/mol. The Morgan fingerprint density at radius 3 is 2.31 bits per heavy atom. The third-order valence-corrected chi connectivity index (χ3v) is 6.18. The van der Waals surface area contributed by atoms with Gasteiger partial charge in [0, 0.05) is 38.8 Å². The molecule has 0 fully saturated rings. The summed E-state index contributed by atoms with van der Waals surface area (Å²) in [5.74, 6) is 0.978. The standard InChI is InChI=1S/C23H20BrNS/c1-17-6-8-18(9-7-17)14-25-15-23(21-4-2-3-5-22(21)25)26-16-19-10-12-20(24)13-11-19/h2-13,15H,14,16H2,1H3. The zero-order chi connectivity index (χ0) is 17.9. The highest BCUT2D eigenvalue weighted by atomic mass is 79.9. The molecule has 0 saturated carbocycles. The van der Waals surface area contributed by atoms with E-state index < -0.39 is 0 Å². The molecular formula is C23H20BrNS. The minimum Gasteiger partial charge on any atom is -0.342 e. The third kappa shape index (κ3) is 3.89. The molecule has 1 heterocycles. The van der Waals surface area contributed by atoms with Crippen LogP contribution in [0.2, 0.25) is 0 Å². The van der Waals surface area contributed by atoms with Crippen LogP contribution in [-0.4, -0.2) is 4.57 Å². The first-order valence-electron chi connectivity index (χ1n) is 8.70. The van der Waals surface area contributed by atoms with E-state index >= 15 is 0 Å². The molecule has 0 radical (unpaired) electrons. The summed E-state index contributed by atoms with van der Waals surface area (Å²) in [6, 6.07) is 26.1. The summed E-state index contributed by atoms with van der Waals surface area (Å²) >= 11 is 5.41. The lowest BCUT2D eigenvalue weighted by molar-refractivity contribution is 0.829. The molecule has 0 aliphatic carbocycles. The van der Waals surface area contributed by atoms with Gasteiger partial charge in [-0.2, -0.15) is 0 Å². The van der Waals surface area contributed by atoms with Gasteiger partial charge in [-0.25, -0.2) is 0 Å². The van der Waals surface area contributed by atoms with Crippen molar-refractivity contribution in [2.75, 3.05) is 0 Å². The Bertz CT molecular complexity index is 1020. The smallest absolute Gasteiger partial charge is 0.0495 e. The van der Waals surface area contributed by atoms with Gasteiger partial charge in [0.2, 0.25) is 0 Å². The van der Waals surface area contributed by atoms with E-state index in [0.29, 0.717) is 0 Å². The fourth-order valence-corrected chi connectivity index (χ4v) is 4.40. The lowest BCUT2D eigenvalue weighted by atomic mass is 10.1. The van der Waals surface area contributed by atoms with Crippen LogP contribution in [0.3, 0.4) is 0 Å². The van der Waals surface area contributed by atoms with Crippen molar-refractivity contribution in [1.82, 2.24) is 4.57 Å². The first kappa shape index (κ1) is 17.4. The van der Waals surface area contributed by atoms with Gasteiger partial charge in [0.1, 0.15) is 0 Å². The number of rotatable bonds is 5. The van der Waals surface area contributed by atoms with Gasteiger partial charge in [0.25, 0.3) is 0 Å². The molecule has 3 aromatic carbocycles. The molecule has 1 nitrogen and oxygen atoms in total. The molecule has 3 heteroatoms. The maximum absolute atomic E-state index is 3.50. The minimum absolute atomic E-state index is 0.902. The lowest BCUT2D eigenvalue weighted by Crippen LogP contribution is -1.97. The van der Waals surface area contributed by atoms with E-state index in [4.69, 9.17) is 0 Å². The van der Waals surface area contributed by atoms with Gasteiger partial charge < -0.3 is 4.57 Å². The first-order chi connectivity index (χ1) is 12.7. The van der Waals surface area contributed by atoms with Crippen LogP contribution in [0.15, 0.2) is 88.4 Å². The number of halogens is 1. The Labute approximate surface area is 167 Å². The summed E-state index contributed by atoms with van der Waals surface area (Å²) in [6.45, 7) is 3.03. The maximum Gasteiger partial charge on any atom is 0.0495 e. The molecule has 4 rings (SSSR count). The average molecular weight is 422 g/mol. The minimum atomic E-state index is 0.902. The number of aromatic nitrogens is 1. The van der Waals surface area contributed by atoms with Crippen molar-refractivity contribution in [3.8, 4) is 0 Å². The predicted molar refractivity (Wildman–Crippen MR) is 116 cm³/mol. The molecule has 1 aromatic heterocycles. The van der Waals surface area contributed by atoms with E-state index in [0.717, 1.165) is 16.8 Å². The fourth-order valence-electron chi connectivity index (χ4n) is 3.09. The molecule has 0 unspecified atom stereocenters. The van der Waals surface area contributed by atoms with Crippen LogP contribution >= 0.6 is 27.7 Å². The van der Waals surface area contributed by atoms with Crippen LogP contribution in [0.4, 0.5) is 0 Å². The van der Waals surface area contributed by atoms with Crippen LogP contribution in [-0.2, 0) is 12.3 Å². The number of hydrogen-bond acceptors (Lipinski definition) is 1. The van der Waals surface area contributed by atoms with Crippen molar-refractivity contribution in [3.05, 3.63) is 100 Å². The Kier molecular flexibility index (Phi) is 5.18. The van der Waals surface area contributed by atoms with E-state index in [9.17, 15) is 0 Å². The number of thioether (sulfide) groups is 1. The van der Waals surface area contributed by atoms with E-state index in [1.165, 1.54) is 32.5 Å². The second kappa shape index (κ2) is 7.73. The van der Waals surface area contributed by atoms with E-state index in [-0.39, 0.29) is 0 Å². The van der Waals surface area contributed by atoms with Gasteiger partial charge in [0.05, 0.1) is 0 Å². The Morgan fingerprint density at radius 2 is 1.54 bits per heavy atom. The van der Waals surface area contributed by atoms with Gasteiger partial charge in [-0.05, 0) is 36.2 Å². The average Bonchev–Trinajstić information content (AvgIpc) is 3.01. The van der Waals surface area contributed by atoms with Gasteiger partial charge in [-0.15, -0.1) is 11.8 Å². The lowest BCUT2D eigenvalue weighted by Gasteiger charge is -2.06. The van der Waals surface area contributed by atoms with Crippen LogP contribution < -0.4 is 0 Å². The summed E-state index contributed by atoms with van der Waals surface area (Å²) in [5, 5.41) is 1.33. The second-order valence-corrected chi connectivity index (χ2v) is 8.47. The highest BCUT2D eigenvalue weighted by Gasteiger charge is 2.09. The molecule has 0 aliphatic rings. The van der Waals surface area contributed by atoms with Crippen molar-refractivity contribution in [1.29, 1.82) is 0 Å². The normalized spacial score (nSPS) is 11.2. The Balaban J connectivity index is 1.60. The summed E-state index contributed by atoms with van der Waals surface area (Å²) in [5.41, 5.74) is 5.28. The molecular weight excluding hydrogens is 402 g/mol. The predicted octanol–water partition coefficient (Wildman–Crippen LogP) is 7.05. The molecule has 0 saturated heterocycles. The highest BCUT2D eigenvalue weighted by Crippen LogP contribution is 2.32. The van der Waals surface area contributed by atoms with Crippen molar-refractivity contribution >= 4 is 38.6 Å². The van der Waals surface area contributed by atoms with Gasteiger partial charge in [-0.3, -0.25) is 0 Å². The zero-order valence-electron chi connectivity index (χ0n) is 14.7. The maximum atomic E-state index is 3.50. The van der Waals surface area contributed by atoms with E-state index in [2.05, 4.69) is 106 Å². The van der Waals surface area contributed by atoms with Crippen molar-refractivity contribution in [2.45, 2.75) is 24.1 Å². The third-order valence-electron chi connectivity index (χ3n) is 4.53. The topological polar surface area (TPSA) is 4.93 Å². The zero-order valence-corrected chi connectivity index (χ0v) is 17.1. The SMILES string of the molecule is Cc1ccc(Cn2cc(SCc3ccc(Br)cc3)c3ccccc32)cc1. The molecule has 0 spiro atoms. The number of aryl methyl sites for hydroxylation is 1. The van der Waals surface area contributed by atoms with Gasteiger partial charge >= 0.3 is 0 Å². The molecule has 26 heavy (non-hydrogen) atoms. The summed E-state index contributed by atoms with van der Waals surface area (Å²) in [4.78, 5) is 1.34. The van der Waals surface area contributed by atoms with Crippen molar-refractivity contribution < 1.29 is 0 Å².